The number of fused-ring (bicyclic) bond motifs is 2. The average molecular weight is 297 g/mol. The van der Waals surface area contributed by atoms with Crippen LogP contribution in [0.5, 0.6) is 0 Å². The molecule has 3 heterocycles. The van der Waals surface area contributed by atoms with Gasteiger partial charge in [0.25, 0.3) is 0 Å². The summed E-state index contributed by atoms with van der Waals surface area (Å²) in [6, 6.07) is 0.00411. The van der Waals surface area contributed by atoms with Gasteiger partial charge in [-0.05, 0) is 19.3 Å². The fourth-order valence-electron chi connectivity index (χ4n) is 4.02. The summed E-state index contributed by atoms with van der Waals surface area (Å²) in [5, 5.41) is 18.2. The minimum Gasteiger partial charge on any atom is -0.481 e. The molecule has 3 aliphatic rings. The number of aliphatic carboxylic acids is 1. The van der Waals surface area contributed by atoms with Gasteiger partial charge < -0.3 is 20.0 Å². The number of carbonyl (C=O) groups excluding carboxylic acids is 1. The van der Waals surface area contributed by atoms with Crippen LogP contribution in [0.1, 0.15) is 19.3 Å². The third kappa shape index (κ3) is 2.60. The summed E-state index contributed by atoms with van der Waals surface area (Å²) in [4.78, 5) is 29.8. The molecule has 0 aliphatic carbocycles. The molecule has 2 N–H and O–H groups in total. The Morgan fingerprint density at radius 1 is 1.10 bits per heavy atom. The van der Waals surface area contributed by atoms with E-state index < -0.39 is 5.97 Å². The van der Waals surface area contributed by atoms with Crippen LogP contribution in [-0.4, -0.2) is 88.3 Å². The minimum atomic E-state index is -0.771. The molecule has 3 rings (SSSR count). The molecular weight excluding hydrogens is 274 g/mol. The Bertz CT molecular complexity index is 422. The smallest absolute Gasteiger partial charge is 0.320 e. The zero-order valence-electron chi connectivity index (χ0n) is 12.1. The van der Waals surface area contributed by atoms with Crippen LogP contribution in [-0.2, 0) is 4.79 Å². The number of nitrogens with zero attached hydrogens (tertiary/aromatic N) is 3. The van der Waals surface area contributed by atoms with Crippen molar-refractivity contribution in [3.63, 3.8) is 0 Å². The van der Waals surface area contributed by atoms with Crippen LogP contribution in [0, 0.1) is 5.92 Å². The monoisotopic (exact) mass is 297 g/mol. The van der Waals surface area contributed by atoms with Crippen molar-refractivity contribution in [2.75, 3.05) is 39.3 Å². The minimum absolute atomic E-state index is 0.00917. The zero-order valence-corrected chi connectivity index (χ0v) is 12.1. The molecule has 0 aromatic carbocycles. The number of piperazine rings is 1. The zero-order chi connectivity index (χ0) is 15.0. The Kier molecular flexibility index (Phi) is 4.03. The SMILES string of the molecule is O=C(O)C1CC2CCC1N2C(=O)N1CCN(CCO)CC1. The average Bonchev–Trinajstić information content (AvgIpc) is 3.05. The van der Waals surface area contributed by atoms with E-state index in [1.54, 1.807) is 0 Å². The molecule has 0 radical (unpaired) electrons. The van der Waals surface area contributed by atoms with E-state index in [0.717, 1.165) is 25.9 Å². The summed E-state index contributed by atoms with van der Waals surface area (Å²) in [6.45, 7) is 3.66. The maximum Gasteiger partial charge on any atom is 0.320 e. The van der Waals surface area contributed by atoms with E-state index in [1.807, 2.05) is 9.80 Å². The van der Waals surface area contributed by atoms with Crippen molar-refractivity contribution in [3.05, 3.63) is 0 Å². The summed E-state index contributed by atoms with van der Waals surface area (Å²) in [5.74, 6) is -1.16. The van der Waals surface area contributed by atoms with Crippen molar-refractivity contribution in [3.8, 4) is 0 Å². The van der Waals surface area contributed by atoms with Gasteiger partial charge in [0.15, 0.2) is 0 Å². The molecule has 118 valence electrons. The first-order valence-corrected chi connectivity index (χ1v) is 7.75. The standard InChI is InChI=1S/C14H23N3O4/c18-8-7-15-3-5-16(6-4-15)14(21)17-10-1-2-12(17)11(9-10)13(19)20/h10-12,18H,1-9H2,(H,19,20). The number of hydrogen-bond acceptors (Lipinski definition) is 4. The highest BCUT2D eigenvalue weighted by molar-refractivity contribution is 5.79. The molecule has 21 heavy (non-hydrogen) atoms. The maximum atomic E-state index is 12.7. The summed E-state index contributed by atoms with van der Waals surface area (Å²) in [7, 11) is 0. The van der Waals surface area contributed by atoms with E-state index in [2.05, 4.69) is 4.90 Å². The number of aliphatic hydroxyl groups excluding tert-OH is 1. The quantitative estimate of drug-likeness (QED) is 0.744. The predicted molar refractivity (Wildman–Crippen MR) is 74.9 cm³/mol. The van der Waals surface area contributed by atoms with Crippen LogP contribution in [0.25, 0.3) is 0 Å². The third-order valence-electron chi connectivity index (χ3n) is 5.13. The van der Waals surface area contributed by atoms with E-state index >= 15 is 0 Å². The molecule has 2 bridgehead atoms. The van der Waals surface area contributed by atoms with Gasteiger partial charge in [-0.1, -0.05) is 0 Å². The maximum absolute atomic E-state index is 12.7. The Labute approximate surface area is 124 Å². The van der Waals surface area contributed by atoms with E-state index in [9.17, 15) is 14.7 Å². The van der Waals surface area contributed by atoms with Crippen molar-refractivity contribution in [1.29, 1.82) is 0 Å². The highest BCUT2D eigenvalue weighted by Gasteiger charge is 2.52. The number of amides is 2. The van der Waals surface area contributed by atoms with Crippen LogP contribution < -0.4 is 0 Å². The van der Waals surface area contributed by atoms with Gasteiger partial charge in [0.2, 0.25) is 0 Å². The lowest BCUT2D eigenvalue weighted by molar-refractivity contribution is -0.142. The van der Waals surface area contributed by atoms with E-state index in [-0.39, 0.29) is 30.6 Å². The molecule has 0 saturated carbocycles. The van der Waals surface area contributed by atoms with Gasteiger partial charge >= 0.3 is 12.0 Å². The summed E-state index contributed by atoms with van der Waals surface area (Å²) in [5.41, 5.74) is 0. The summed E-state index contributed by atoms with van der Waals surface area (Å²) >= 11 is 0. The molecule has 3 saturated heterocycles. The van der Waals surface area contributed by atoms with Gasteiger partial charge in [0, 0.05) is 44.8 Å². The molecular formula is C14H23N3O4. The first kappa shape index (κ1) is 14.6. The fourth-order valence-corrected chi connectivity index (χ4v) is 4.02. The van der Waals surface area contributed by atoms with Gasteiger partial charge in [-0.3, -0.25) is 9.69 Å². The summed E-state index contributed by atoms with van der Waals surface area (Å²) in [6.07, 6.45) is 2.36. The third-order valence-corrected chi connectivity index (χ3v) is 5.13. The predicted octanol–water partition coefficient (Wildman–Crippen LogP) is -0.346. The van der Waals surface area contributed by atoms with E-state index in [4.69, 9.17) is 5.11 Å². The summed E-state index contributed by atoms with van der Waals surface area (Å²) < 4.78 is 0. The van der Waals surface area contributed by atoms with Gasteiger partial charge in [-0.2, -0.15) is 0 Å². The number of β-amino-alcohol motifs (C(OH)–C–C–N with tert-alkyl or cyclic N) is 1. The Morgan fingerprint density at radius 2 is 1.81 bits per heavy atom. The van der Waals surface area contributed by atoms with Crippen molar-refractivity contribution >= 4 is 12.0 Å². The Hall–Kier alpha value is -1.34. The van der Waals surface area contributed by atoms with Crippen molar-refractivity contribution in [2.45, 2.75) is 31.3 Å². The van der Waals surface area contributed by atoms with Gasteiger partial charge in [-0.15, -0.1) is 0 Å². The van der Waals surface area contributed by atoms with Gasteiger partial charge in [0.1, 0.15) is 0 Å². The Morgan fingerprint density at radius 3 is 2.38 bits per heavy atom. The molecule has 3 aliphatic heterocycles. The van der Waals surface area contributed by atoms with E-state index in [1.165, 1.54) is 0 Å². The highest BCUT2D eigenvalue weighted by atomic mass is 16.4. The number of carboxylic acids is 1. The molecule has 3 fully saturated rings. The second-order valence-corrected chi connectivity index (χ2v) is 6.22. The lowest BCUT2D eigenvalue weighted by Gasteiger charge is -2.37. The second-order valence-electron chi connectivity index (χ2n) is 6.22. The first-order valence-electron chi connectivity index (χ1n) is 7.75. The lowest BCUT2D eigenvalue weighted by atomic mass is 9.89. The van der Waals surface area contributed by atoms with Crippen molar-refractivity contribution in [1.82, 2.24) is 14.7 Å². The molecule has 0 spiro atoms. The largest absolute Gasteiger partial charge is 0.481 e. The van der Waals surface area contributed by atoms with Crippen LogP contribution in [0.15, 0.2) is 0 Å². The number of aliphatic hydroxyl groups is 1. The topological polar surface area (TPSA) is 84.3 Å². The van der Waals surface area contributed by atoms with Crippen molar-refractivity contribution in [2.24, 2.45) is 5.92 Å². The number of carboxylic acid groups (broad SMARTS) is 1. The molecule has 7 heteroatoms. The normalized spacial score (nSPS) is 32.7. The first-order chi connectivity index (χ1) is 10.1. The van der Waals surface area contributed by atoms with Crippen LogP contribution in [0.2, 0.25) is 0 Å². The van der Waals surface area contributed by atoms with Crippen molar-refractivity contribution < 1.29 is 19.8 Å². The van der Waals surface area contributed by atoms with Gasteiger partial charge in [-0.25, -0.2) is 4.79 Å². The fraction of sp³-hybridized carbons (Fsp3) is 0.857. The molecule has 2 amide bonds. The second kappa shape index (κ2) is 5.81. The van der Waals surface area contributed by atoms with Crippen LogP contribution in [0.3, 0.4) is 0 Å². The number of urea groups is 1. The molecule has 0 aromatic rings. The molecule has 3 atom stereocenters. The Balaban J connectivity index is 1.61. The van der Waals surface area contributed by atoms with E-state index in [0.29, 0.717) is 26.1 Å². The molecule has 3 unspecified atom stereocenters. The number of carbonyl (C=O) groups is 2. The molecule has 7 nitrogen and oxygen atoms in total. The van der Waals surface area contributed by atoms with Gasteiger partial charge in [0.05, 0.1) is 12.5 Å². The number of rotatable bonds is 3. The highest BCUT2D eigenvalue weighted by Crippen LogP contribution is 2.42. The van der Waals surface area contributed by atoms with Crippen LogP contribution >= 0.6 is 0 Å². The lowest BCUT2D eigenvalue weighted by Crippen LogP contribution is -2.54. The number of hydrogen-bond donors (Lipinski definition) is 2. The van der Waals surface area contributed by atoms with Crippen LogP contribution in [0.4, 0.5) is 4.79 Å². The molecule has 0 aromatic heterocycles.